The van der Waals surface area contributed by atoms with Gasteiger partial charge < -0.3 is 5.11 Å². The fourth-order valence-corrected chi connectivity index (χ4v) is 3.80. The fraction of sp³-hybridized carbons (Fsp3) is 0.267. The first kappa shape index (κ1) is 19.8. The van der Waals surface area contributed by atoms with Crippen LogP contribution in [-0.4, -0.2) is 40.0 Å². The van der Waals surface area contributed by atoms with Crippen molar-refractivity contribution in [1.82, 2.24) is 4.90 Å². The maximum absolute atomic E-state index is 11.7. The molecule has 7 nitrogen and oxygen atoms in total. The minimum atomic E-state index is -4.67. The van der Waals surface area contributed by atoms with E-state index in [1.807, 2.05) is 17.0 Å². The van der Waals surface area contributed by atoms with Gasteiger partial charge in [-0.2, -0.15) is 8.42 Å². The van der Waals surface area contributed by atoms with Gasteiger partial charge in [-0.1, -0.05) is 29.8 Å². The third kappa shape index (κ3) is 5.77. The number of rotatable bonds is 3. The number of thiophene rings is 1. The molecule has 1 aliphatic rings. The lowest BCUT2D eigenvalue weighted by molar-refractivity contribution is -0.144. The van der Waals surface area contributed by atoms with Crippen molar-refractivity contribution in [3.05, 3.63) is 56.7 Å². The number of hydrogen-bond acceptors (Lipinski definition) is 5. The lowest BCUT2D eigenvalue weighted by Crippen LogP contribution is -2.37. The van der Waals surface area contributed by atoms with Crippen molar-refractivity contribution in [2.24, 2.45) is 0 Å². The summed E-state index contributed by atoms with van der Waals surface area (Å²) >= 11 is 7.92. The smallest absolute Gasteiger partial charge is 0.394 e. The average molecular weight is 406 g/mol. The Balaban J connectivity index is 0.000000399. The molecule has 0 amide bonds. The molecule has 0 saturated carbocycles. The van der Waals surface area contributed by atoms with Gasteiger partial charge in [0.15, 0.2) is 0 Å². The quantitative estimate of drug-likeness (QED) is 0.672. The Hall–Kier alpha value is -1.49. The van der Waals surface area contributed by atoms with Crippen LogP contribution in [0.4, 0.5) is 0 Å². The zero-order valence-electron chi connectivity index (χ0n) is 12.9. The molecule has 1 aliphatic heterocycles. The van der Waals surface area contributed by atoms with Gasteiger partial charge in [0.25, 0.3) is 0 Å². The topological polar surface area (TPSA) is 115 Å². The summed E-state index contributed by atoms with van der Waals surface area (Å²) < 4.78 is 31.6. The summed E-state index contributed by atoms with van der Waals surface area (Å²) in [7, 11) is -4.67. The Morgan fingerprint density at radius 1 is 1.24 bits per heavy atom. The van der Waals surface area contributed by atoms with E-state index < -0.39 is 22.4 Å². The largest absolute Gasteiger partial charge is 0.480 e. The number of halogens is 1. The molecule has 2 heterocycles. The SMILES string of the molecule is O=C(O)[C@@H](c1ccccc1Cl)N1CCc2sccc2C1.O=S(=O)(O)O. The first-order valence-electron chi connectivity index (χ1n) is 7.13. The summed E-state index contributed by atoms with van der Waals surface area (Å²) in [5.74, 6) is -0.850. The highest BCUT2D eigenvalue weighted by atomic mass is 35.5. The standard InChI is InChI=1S/C15H14ClNO2S.H2O4S/c16-12-4-2-1-3-11(12)14(15(18)19)17-7-5-13-10(9-17)6-8-20-13;1-5(2,3)4/h1-4,6,8,14H,5,7,9H2,(H,18,19);(H2,1,2,3,4)/t14-;/m1./s1. The maximum Gasteiger partial charge on any atom is 0.394 e. The summed E-state index contributed by atoms with van der Waals surface area (Å²) in [6.07, 6.45) is 0.904. The summed E-state index contributed by atoms with van der Waals surface area (Å²) in [5, 5.41) is 12.2. The Bertz CT molecular complexity index is 843. The van der Waals surface area contributed by atoms with Gasteiger partial charge in [0.2, 0.25) is 0 Å². The zero-order chi connectivity index (χ0) is 18.6. The van der Waals surface area contributed by atoms with Crippen LogP contribution in [0.15, 0.2) is 35.7 Å². The minimum absolute atomic E-state index is 0.510. The predicted molar refractivity (Wildman–Crippen MR) is 94.4 cm³/mol. The van der Waals surface area contributed by atoms with Gasteiger partial charge in [0.1, 0.15) is 6.04 Å². The molecule has 0 unspecified atom stereocenters. The van der Waals surface area contributed by atoms with Crippen molar-refractivity contribution < 1.29 is 27.4 Å². The molecule has 10 heteroatoms. The van der Waals surface area contributed by atoms with Gasteiger partial charge in [-0.05, 0) is 35.1 Å². The van der Waals surface area contributed by atoms with Crippen molar-refractivity contribution in [2.75, 3.05) is 6.54 Å². The number of benzene rings is 1. The summed E-state index contributed by atoms with van der Waals surface area (Å²) in [6, 6.07) is 8.58. The Morgan fingerprint density at radius 2 is 1.88 bits per heavy atom. The molecule has 3 rings (SSSR count). The number of carbonyl (C=O) groups is 1. The minimum Gasteiger partial charge on any atom is -0.480 e. The van der Waals surface area contributed by atoms with Crippen LogP contribution in [0.5, 0.6) is 0 Å². The molecule has 3 N–H and O–H groups in total. The number of aliphatic carboxylic acids is 1. The molecule has 25 heavy (non-hydrogen) atoms. The Labute approximate surface area is 154 Å². The highest BCUT2D eigenvalue weighted by Gasteiger charge is 2.31. The van der Waals surface area contributed by atoms with E-state index in [1.54, 1.807) is 23.5 Å². The number of carboxylic acid groups (broad SMARTS) is 1. The highest BCUT2D eigenvalue weighted by molar-refractivity contribution is 7.79. The number of fused-ring (bicyclic) bond motifs is 1. The van der Waals surface area contributed by atoms with Gasteiger partial charge in [0, 0.05) is 23.0 Å². The van der Waals surface area contributed by atoms with Gasteiger partial charge in [0.05, 0.1) is 0 Å². The van der Waals surface area contributed by atoms with Gasteiger partial charge in [-0.3, -0.25) is 18.8 Å². The third-order valence-electron chi connectivity index (χ3n) is 3.64. The van der Waals surface area contributed by atoms with Crippen molar-refractivity contribution >= 4 is 39.3 Å². The maximum atomic E-state index is 11.7. The first-order chi connectivity index (χ1) is 11.7. The van der Waals surface area contributed by atoms with Gasteiger partial charge >= 0.3 is 16.4 Å². The second kappa shape index (κ2) is 8.26. The van der Waals surface area contributed by atoms with E-state index in [-0.39, 0.29) is 0 Å². The third-order valence-corrected chi connectivity index (χ3v) is 5.00. The van der Waals surface area contributed by atoms with Crippen LogP contribution in [-0.2, 0) is 28.2 Å². The van der Waals surface area contributed by atoms with Gasteiger partial charge in [-0.25, -0.2) is 0 Å². The molecule has 0 bridgehead atoms. The Morgan fingerprint density at radius 3 is 2.48 bits per heavy atom. The van der Waals surface area contributed by atoms with Crippen molar-refractivity contribution in [1.29, 1.82) is 0 Å². The van der Waals surface area contributed by atoms with Crippen molar-refractivity contribution in [3.8, 4) is 0 Å². The van der Waals surface area contributed by atoms with Crippen molar-refractivity contribution in [3.63, 3.8) is 0 Å². The second-order valence-corrected chi connectivity index (χ2v) is 7.60. The predicted octanol–water partition coefficient (Wildman–Crippen LogP) is 2.93. The van der Waals surface area contributed by atoms with Crippen LogP contribution in [0.25, 0.3) is 0 Å². The summed E-state index contributed by atoms with van der Waals surface area (Å²) in [6.45, 7) is 1.41. The van der Waals surface area contributed by atoms with E-state index in [0.717, 1.165) is 13.0 Å². The molecule has 136 valence electrons. The first-order valence-corrected chi connectivity index (χ1v) is 9.78. The van der Waals surface area contributed by atoms with E-state index in [4.69, 9.17) is 29.1 Å². The zero-order valence-corrected chi connectivity index (χ0v) is 15.3. The molecule has 0 spiro atoms. The van der Waals surface area contributed by atoms with Crippen LogP contribution in [0.2, 0.25) is 5.02 Å². The lowest BCUT2D eigenvalue weighted by atomic mass is 10.0. The number of carboxylic acids is 1. The monoisotopic (exact) mass is 405 g/mol. The van der Waals surface area contributed by atoms with Crippen LogP contribution in [0.3, 0.4) is 0 Å². The normalized spacial score (nSPS) is 15.6. The van der Waals surface area contributed by atoms with Crippen LogP contribution < -0.4 is 0 Å². The molecule has 0 fully saturated rings. The molecule has 1 aromatic heterocycles. The molecule has 1 aromatic carbocycles. The van der Waals surface area contributed by atoms with E-state index in [9.17, 15) is 9.90 Å². The van der Waals surface area contributed by atoms with Crippen LogP contribution >= 0.6 is 22.9 Å². The molecule has 2 aromatic rings. The summed E-state index contributed by atoms with van der Waals surface area (Å²) in [4.78, 5) is 15.1. The van der Waals surface area contributed by atoms with Crippen LogP contribution in [0.1, 0.15) is 22.0 Å². The molecule has 1 atom stereocenters. The molecular formula is C15H16ClNO6S2. The van der Waals surface area contributed by atoms with E-state index in [1.165, 1.54) is 10.4 Å². The lowest BCUT2D eigenvalue weighted by Gasteiger charge is -2.32. The molecule has 0 aliphatic carbocycles. The number of nitrogens with zero attached hydrogens (tertiary/aromatic N) is 1. The van der Waals surface area contributed by atoms with E-state index >= 15 is 0 Å². The average Bonchev–Trinajstić information content (AvgIpc) is 2.95. The second-order valence-electron chi connectivity index (χ2n) is 5.30. The molecular weight excluding hydrogens is 390 g/mol. The Kier molecular flexibility index (Phi) is 6.55. The van der Waals surface area contributed by atoms with Crippen LogP contribution in [0, 0.1) is 0 Å². The summed E-state index contributed by atoms with van der Waals surface area (Å²) in [5.41, 5.74) is 1.90. The fourth-order valence-electron chi connectivity index (χ4n) is 2.67. The van der Waals surface area contributed by atoms with E-state index in [2.05, 4.69) is 11.4 Å². The van der Waals surface area contributed by atoms with E-state index in [0.29, 0.717) is 17.1 Å². The van der Waals surface area contributed by atoms with Gasteiger partial charge in [-0.15, -0.1) is 11.3 Å². The number of hydrogen-bond donors (Lipinski definition) is 3. The highest BCUT2D eigenvalue weighted by Crippen LogP contribution is 2.33. The van der Waals surface area contributed by atoms with Crippen molar-refractivity contribution in [2.45, 2.75) is 19.0 Å². The molecule has 0 radical (unpaired) electrons. The molecule has 0 saturated heterocycles.